The van der Waals surface area contributed by atoms with E-state index >= 15 is 0 Å². The second kappa shape index (κ2) is 5.09. The lowest BCUT2D eigenvalue weighted by molar-refractivity contribution is -0.144. The lowest BCUT2D eigenvalue weighted by Crippen LogP contribution is -2.29. The second-order valence-corrected chi connectivity index (χ2v) is 8.97. The van der Waals surface area contributed by atoms with Crippen molar-refractivity contribution in [2.75, 3.05) is 0 Å². The van der Waals surface area contributed by atoms with Crippen LogP contribution in [-0.4, -0.2) is 5.97 Å². The maximum atomic E-state index is 12.7. The molecule has 0 amide bonds. The summed E-state index contributed by atoms with van der Waals surface area (Å²) in [6.45, 7) is 6.61. The summed E-state index contributed by atoms with van der Waals surface area (Å²) in [7, 11) is 0. The van der Waals surface area contributed by atoms with Crippen molar-refractivity contribution in [1.82, 2.24) is 0 Å². The van der Waals surface area contributed by atoms with E-state index in [1.807, 2.05) is 12.1 Å². The van der Waals surface area contributed by atoms with Crippen LogP contribution < -0.4 is 4.74 Å². The molecular weight excluding hydrogens is 284 g/mol. The summed E-state index contributed by atoms with van der Waals surface area (Å²) in [5, 5.41) is 0. The van der Waals surface area contributed by atoms with Crippen LogP contribution in [0.1, 0.15) is 58.4 Å². The molecule has 0 aliphatic heterocycles. The first-order chi connectivity index (χ1) is 10.9. The molecule has 23 heavy (non-hydrogen) atoms. The van der Waals surface area contributed by atoms with Gasteiger partial charge in [-0.2, -0.15) is 0 Å². The van der Waals surface area contributed by atoms with E-state index in [-0.39, 0.29) is 11.4 Å². The van der Waals surface area contributed by atoms with E-state index in [4.69, 9.17) is 4.74 Å². The Hall–Kier alpha value is -1.31. The number of rotatable bonds is 5. The Balaban J connectivity index is 1.37. The Morgan fingerprint density at radius 3 is 2.48 bits per heavy atom. The Kier molecular flexibility index (Phi) is 3.37. The highest BCUT2D eigenvalue weighted by molar-refractivity contribution is 5.79. The summed E-state index contributed by atoms with van der Waals surface area (Å²) >= 11 is 0. The van der Waals surface area contributed by atoms with E-state index in [9.17, 15) is 4.79 Å². The Bertz CT molecular complexity index is 615. The maximum Gasteiger partial charge on any atom is 0.317 e. The molecule has 4 unspecified atom stereocenters. The van der Waals surface area contributed by atoms with Gasteiger partial charge in [0.25, 0.3) is 0 Å². The van der Waals surface area contributed by atoms with Gasteiger partial charge >= 0.3 is 5.97 Å². The summed E-state index contributed by atoms with van der Waals surface area (Å²) in [5.41, 5.74) is 1.61. The van der Waals surface area contributed by atoms with Crippen molar-refractivity contribution in [1.29, 1.82) is 0 Å². The van der Waals surface area contributed by atoms with Crippen LogP contribution in [-0.2, 0) is 11.2 Å². The van der Waals surface area contributed by atoms with E-state index < -0.39 is 0 Å². The largest absolute Gasteiger partial charge is 0.426 e. The number of carbonyl (C=O) groups excluding carboxylic acids is 1. The molecule has 0 heterocycles. The Morgan fingerprint density at radius 2 is 1.91 bits per heavy atom. The molecule has 0 bridgehead atoms. The van der Waals surface area contributed by atoms with Gasteiger partial charge in [-0.05, 0) is 86.3 Å². The first-order valence-electron chi connectivity index (χ1n) is 9.22. The predicted octanol–water partition coefficient (Wildman–Crippen LogP) is 5.01. The Labute approximate surface area is 139 Å². The molecule has 1 aromatic rings. The van der Waals surface area contributed by atoms with Crippen molar-refractivity contribution in [3.63, 3.8) is 0 Å². The zero-order valence-electron chi connectivity index (χ0n) is 14.6. The van der Waals surface area contributed by atoms with Gasteiger partial charge in [0, 0.05) is 0 Å². The predicted molar refractivity (Wildman–Crippen MR) is 91.2 cm³/mol. The van der Waals surface area contributed by atoms with Crippen molar-refractivity contribution < 1.29 is 9.53 Å². The molecule has 1 spiro atoms. The molecule has 3 aliphatic carbocycles. The van der Waals surface area contributed by atoms with E-state index in [0.717, 1.165) is 37.0 Å². The van der Waals surface area contributed by atoms with Gasteiger partial charge in [0.1, 0.15) is 5.75 Å². The van der Waals surface area contributed by atoms with Crippen molar-refractivity contribution >= 4 is 5.97 Å². The van der Waals surface area contributed by atoms with Crippen LogP contribution in [0, 0.1) is 28.6 Å². The van der Waals surface area contributed by atoms with Gasteiger partial charge in [-0.3, -0.25) is 4.79 Å². The van der Waals surface area contributed by atoms with Crippen LogP contribution in [0.15, 0.2) is 24.3 Å². The van der Waals surface area contributed by atoms with E-state index in [0.29, 0.717) is 11.2 Å². The van der Waals surface area contributed by atoms with E-state index in [1.54, 1.807) is 0 Å². The summed E-state index contributed by atoms with van der Waals surface area (Å²) in [5.74, 6) is 3.14. The van der Waals surface area contributed by atoms with Gasteiger partial charge < -0.3 is 4.74 Å². The average molecular weight is 312 g/mol. The monoisotopic (exact) mass is 312 g/mol. The molecule has 2 heteroatoms. The highest BCUT2D eigenvalue weighted by Gasteiger charge is 2.74. The lowest BCUT2D eigenvalue weighted by atomic mass is 9.76. The molecule has 3 saturated carbocycles. The van der Waals surface area contributed by atoms with Gasteiger partial charge in [0.15, 0.2) is 0 Å². The van der Waals surface area contributed by atoms with Gasteiger partial charge in [-0.1, -0.05) is 26.0 Å². The lowest BCUT2D eigenvalue weighted by Gasteiger charge is -2.29. The third-order valence-electron chi connectivity index (χ3n) is 6.71. The molecule has 3 fully saturated rings. The SMILES string of the molecule is CC(C)CCc1ccc(OC(=O)C2(C)CC3CC4CC34C2)cc1. The standard InChI is InChI=1S/C21H28O2/c1-14(2)4-5-15-6-8-18(9-7-15)23-19(22)20(3)11-16-10-17-12-21(16,17)13-20/h6-9,14,16-17H,4-5,10-13H2,1-3H3. The van der Waals surface area contributed by atoms with Crippen LogP contribution >= 0.6 is 0 Å². The van der Waals surface area contributed by atoms with Gasteiger partial charge in [-0.25, -0.2) is 0 Å². The van der Waals surface area contributed by atoms with E-state index in [1.165, 1.54) is 24.8 Å². The molecule has 3 aliphatic rings. The van der Waals surface area contributed by atoms with Crippen molar-refractivity contribution in [3.05, 3.63) is 29.8 Å². The van der Waals surface area contributed by atoms with Gasteiger partial charge in [0.05, 0.1) is 5.41 Å². The quantitative estimate of drug-likeness (QED) is 0.564. The molecule has 4 rings (SSSR count). The minimum atomic E-state index is -0.258. The normalized spacial score (nSPS) is 37.0. The third-order valence-corrected chi connectivity index (χ3v) is 6.71. The first kappa shape index (κ1) is 15.2. The zero-order valence-corrected chi connectivity index (χ0v) is 14.6. The summed E-state index contributed by atoms with van der Waals surface area (Å²) < 4.78 is 5.73. The number of esters is 1. The molecule has 0 saturated heterocycles. The zero-order chi connectivity index (χ0) is 16.2. The summed E-state index contributed by atoms with van der Waals surface area (Å²) in [6.07, 6.45) is 7.10. The van der Waals surface area contributed by atoms with Crippen LogP contribution in [0.5, 0.6) is 5.75 Å². The molecule has 1 aromatic carbocycles. The third kappa shape index (κ3) is 2.51. The van der Waals surface area contributed by atoms with Crippen LogP contribution in [0.4, 0.5) is 0 Å². The van der Waals surface area contributed by atoms with Gasteiger partial charge in [0.2, 0.25) is 0 Å². The number of ether oxygens (including phenoxy) is 1. The van der Waals surface area contributed by atoms with Gasteiger partial charge in [-0.15, -0.1) is 0 Å². The smallest absolute Gasteiger partial charge is 0.317 e. The fourth-order valence-corrected chi connectivity index (χ4v) is 5.19. The van der Waals surface area contributed by atoms with Crippen LogP contribution in [0.25, 0.3) is 0 Å². The number of hydrogen-bond acceptors (Lipinski definition) is 2. The van der Waals surface area contributed by atoms with E-state index in [2.05, 4.69) is 32.9 Å². The summed E-state index contributed by atoms with van der Waals surface area (Å²) in [4.78, 5) is 12.7. The maximum absolute atomic E-state index is 12.7. The number of benzene rings is 1. The summed E-state index contributed by atoms with van der Waals surface area (Å²) in [6, 6.07) is 8.11. The minimum absolute atomic E-state index is 0.0122. The average Bonchev–Trinajstić information content (AvgIpc) is 2.98. The molecule has 4 atom stereocenters. The molecule has 0 aromatic heterocycles. The fraction of sp³-hybridized carbons (Fsp3) is 0.667. The van der Waals surface area contributed by atoms with Crippen molar-refractivity contribution in [3.8, 4) is 5.75 Å². The number of hydrogen-bond donors (Lipinski definition) is 0. The molecule has 0 N–H and O–H groups in total. The molecular formula is C21H28O2. The van der Waals surface area contributed by atoms with Crippen LogP contribution in [0.2, 0.25) is 0 Å². The minimum Gasteiger partial charge on any atom is -0.426 e. The molecule has 2 nitrogen and oxygen atoms in total. The fourth-order valence-electron chi connectivity index (χ4n) is 5.19. The Morgan fingerprint density at radius 1 is 1.22 bits per heavy atom. The number of aryl methyl sites for hydroxylation is 1. The van der Waals surface area contributed by atoms with Crippen molar-refractivity contribution in [2.24, 2.45) is 28.6 Å². The van der Waals surface area contributed by atoms with Crippen molar-refractivity contribution in [2.45, 2.75) is 59.3 Å². The molecule has 0 radical (unpaired) electrons. The highest BCUT2D eigenvalue weighted by atomic mass is 16.5. The highest BCUT2D eigenvalue weighted by Crippen LogP contribution is 2.80. The first-order valence-corrected chi connectivity index (χ1v) is 9.22. The molecule has 124 valence electrons. The topological polar surface area (TPSA) is 26.3 Å². The number of carbonyl (C=O) groups is 1. The second-order valence-electron chi connectivity index (χ2n) is 8.97. The van der Waals surface area contributed by atoms with Crippen LogP contribution in [0.3, 0.4) is 0 Å².